The fraction of sp³-hybridized carbons (Fsp3) is 0.407. The van der Waals surface area contributed by atoms with Crippen molar-refractivity contribution in [2.24, 2.45) is 29.6 Å². The third-order valence-corrected chi connectivity index (χ3v) is 11.6. The molecular weight excluding hydrogens is 628 g/mol. The van der Waals surface area contributed by atoms with E-state index in [1.165, 1.54) is 9.80 Å². The molecule has 4 aliphatic rings. The maximum Gasteiger partial charge on any atom is 0.316 e. The number of carbonyl (C=O) groups excluding carboxylic acids is 4. The fourth-order valence-corrected chi connectivity index (χ4v) is 8.55. The van der Waals surface area contributed by atoms with Crippen molar-refractivity contribution in [2.45, 2.75) is 29.4 Å². The summed E-state index contributed by atoms with van der Waals surface area (Å²) in [6.45, 7) is 2.00. The van der Waals surface area contributed by atoms with Gasteiger partial charge in [-0.15, -0.1) is 0 Å². The first kappa shape index (κ1) is 25.1. The lowest BCUT2D eigenvalue weighted by Crippen LogP contribution is -2.37. The summed E-state index contributed by atoms with van der Waals surface area (Å²) in [7, 11) is 0. The van der Waals surface area contributed by atoms with Crippen molar-refractivity contribution in [2.75, 3.05) is 16.3 Å². The number of benzene rings is 2. The van der Waals surface area contributed by atoms with E-state index in [1.54, 1.807) is 49.4 Å². The van der Waals surface area contributed by atoms with Gasteiger partial charge in [0.25, 0.3) is 0 Å². The lowest BCUT2D eigenvalue weighted by molar-refractivity contribution is -0.139. The second-order valence-electron chi connectivity index (χ2n) is 10.3. The van der Waals surface area contributed by atoms with Gasteiger partial charge >= 0.3 is 5.97 Å². The number of aryl methyl sites for hydroxylation is 1. The monoisotopic (exact) mass is 648 g/mol. The number of esters is 1. The van der Waals surface area contributed by atoms with E-state index in [0.717, 1.165) is 6.42 Å². The predicted molar refractivity (Wildman–Crippen MR) is 145 cm³/mol. The molecule has 4 fully saturated rings. The van der Waals surface area contributed by atoms with Crippen molar-refractivity contribution >= 4 is 78.5 Å². The van der Waals surface area contributed by atoms with Gasteiger partial charge in [-0.2, -0.15) is 0 Å². The van der Waals surface area contributed by atoms with Gasteiger partial charge in [-0.1, -0.05) is 49.5 Å². The molecule has 0 aromatic heterocycles. The van der Waals surface area contributed by atoms with Crippen molar-refractivity contribution in [3.05, 3.63) is 53.1 Å². The number of alkyl halides is 2. The van der Waals surface area contributed by atoms with E-state index in [0.29, 0.717) is 27.7 Å². The highest BCUT2D eigenvalue weighted by atomic mass is 79.9. The van der Waals surface area contributed by atoms with Crippen molar-refractivity contribution in [3.63, 3.8) is 0 Å². The Kier molecular flexibility index (Phi) is 6.24. The van der Waals surface area contributed by atoms with E-state index in [-0.39, 0.29) is 64.0 Å². The first-order valence-corrected chi connectivity index (χ1v) is 14.4. The maximum absolute atomic E-state index is 13.4. The molecule has 2 aromatic rings. The van der Waals surface area contributed by atoms with Crippen LogP contribution in [-0.2, 0) is 19.2 Å². The largest absolute Gasteiger partial charge is 0.426 e. The average Bonchev–Trinajstić information content (AvgIpc) is 3.58. The van der Waals surface area contributed by atoms with E-state index in [1.807, 2.05) is 0 Å². The molecule has 0 spiro atoms. The fourth-order valence-electron chi connectivity index (χ4n) is 6.49. The Labute approximate surface area is 235 Å². The normalized spacial score (nSPS) is 32.4. The number of imide groups is 1. The van der Waals surface area contributed by atoms with Crippen molar-refractivity contribution in [1.29, 1.82) is 0 Å². The van der Waals surface area contributed by atoms with Crippen LogP contribution in [0.3, 0.4) is 0 Å². The number of fused-ring (bicyclic) bond motifs is 5. The van der Waals surface area contributed by atoms with Crippen LogP contribution in [0.15, 0.2) is 42.5 Å². The van der Waals surface area contributed by atoms with E-state index in [9.17, 15) is 19.2 Å². The molecule has 2 aliphatic carbocycles. The second kappa shape index (κ2) is 9.20. The van der Waals surface area contributed by atoms with Crippen LogP contribution in [0.2, 0.25) is 5.02 Å². The van der Waals surface area contributed by atoms with Gasteiger partial charge in [-0.3, -0.25) is 19.2 Å². The number of hydrogen-bond acceptors (Lipinski definition) is 5. The summed E-state index contributed by atoms with van der Waals surface area (Å²) in [5.74, 6) is -1.59. The summed E-state index contributed by atoms with van der Waals surface area (Å²) in [6.07, 6.45) is 0.923. The Morgan fingerprint density at radius 2 is 1.68 bits per heavy atom. The number of rotatable bonds is 4. The molecule has 7 nitrogen and oxygen atoms in total. The molecule has 0 radical (unpaired) electrons. The topological polar surface area (TPSA) is 84.0 Å². The number of nitrogens with zero attached hydrogens (tertiary/aromatic N) is 2. The van der Waals surface area contributed by atoms with Gasteiger partial charge in [0.1, 0.15) is 5.75 Å². The van der Waals surface area contributed by atoms with E-state index < -0.39 is 11.9 Å². The quantitative estimate of drug-likeness (QED) is 0.204. The van der Waals surface area contributed by atoms with E-state index in [2.05, 4.69) is 31.9 Å². The number of anilines is 2. The summed E-state index contributed by atoms with van der Waals surface area (Å²) in [5.41, 5.74) is 1.82. The molecule has 6 rings (SSSR count). The van der Waals surface area contributed by atoms with Crippen LogP contribution in [0, 0.1) is 36.5 Å². The van der Waals surface area contributed by atoms with Crippen LogP contribution in [0.5, 0.6) is 5.75 Å². The molecular formula is C27H23Br2ClN2O5. The smallest absolute Gasteiger partial charge is 0.316 e. The lowest BCUT2D eigenvalue weighted by Gasteiger charge is -2.28. The Balaban J connectivity index is 1.16. The maximum atomic E-state index is 13.4. The summed E-state index contributed by atoms with van der Waals surface area (Å²) in [4.78, 5) is 55.4. The molecule has 2 heterocycles. The van der Waals surface area contributed by atoms with Crippen LogP contribution in [0.25, 0.3) is 0 Å². The summed E-state index contributed by atoms with van der Waals surface area (Å²) in [6, 6.07) is 11.8. The Morgan fingerprint density at radius 1 is 1.00 bits per heavy atom. The van der Waals surface area contributed by atoms with Gasteiger partial charge in [0.2, 0.25) is 17.7 Å². The van der Waals surface area contributed by atoms with Crippen LogP contribution in [0.1, 0.15) is 18.4 Å². The Bertz CT molecular complexity index is 1320. The predicted octanol–water partition coefficient (Wildman–Crippen LogP) is 4.89. The highest BCUT2D eigenvalue weighted by Crippen LogP contribution is 2.60. The first-order chi connectivity index (χ1) is 17.7. The number of halogens is 3. The number of hydrogen-bond donors (Lipinski definition) is 0. The van der Waals surface area contributed by atoms with E-state index in [4.69, 9.17) is 16.3 Å². The molecule has 3 amide bonds. The molecule has 2 aromatic carbocycles. The summed E-state index contributed by atoms with van der Waals surface area (Å²) < 4.78 is 5.61. The third-order valence-electron chi connectivity index (χ3n) is 8.19. The zero-order valence-electron chi connectivity index (χ0n) is 19.8. The van der Waals surface area contributed by atoms with Gasteiger partial charge in [0, 0.05) is 33.3 Å². The average molecular weight is 651 g/mol. The van der Waals surface area contributed by atoms with E-state index >= 15 is 0 Å². The zero-order chi connectivity index (χ0) is 26.2. The molecule has 2 saturated heterocycles. The molecule has 37 heavy (non-hydrogen) atoms. The van der Waals surface area contributed by atoms with Gasteiger partial charge in [0.05, 0.1) is 23.4 Å². The highest BCUT2D eigenvalue weighted by Gasteiger charge is 2.66. The minimum Gasteiger partial charge on any atom is -0.426 e. The molecule has 192 valence electrons. The van der Waals surface area contributed by atoms with Gasteiger partial charge in [0.15, 0.2) is 0 Å². The standard InChI is InChI=1S/C27H23Br2ClN2O5/c1-12-7-16(37-27(36)13-8-20(33)31(11-13)15-4-2-3-14(30)9-15)5-6-19(12)32-25(34)21-17-10-18(22(21)26(32)35)24(29)23(17)28/h2-7,9,13,17-18,21-24H,8,10-11H2,1H3/t13-,17-,18-,21-,22+,23+,24+/m1/s1. The van der Waals surface area contributed by atoms with Crippen LogP contribution >= 0.6 is 43.5 Å². The van der Waals surface area contributed by atoms with Crippen LogP contribution in [0.4, 0.5) is 11.4 Å². The van der Waals surface area contributed by atoms with Gasteiger partial charge in [-0.25, -0.2) is 4.90 Å². The molecule has 2 aliphatic heterocycles. The third kappa shape index (κ3) is 3.96. The minimum absolute atomic E-state index is 0.0490. The van der Waals surface area contributed by atoms with Crippen LogP contribution < -0.4 is 14.5 Å². The minimum atomic E-state index is -0.613. The van der Waals surface area contributed by atoms with Crippen molar-refractivity contribution in [1.82, 2.24) is 0 Å². The van der Waals surface area contributed by atoms with Gasteiger partial charge < -0.3 is 9.64 Å². The Morgan fingerprint density at radius 3 is 2.30 bits per heavy atom. The zero-order valence-corrected chi connectivity index (χ0v) is 23.7. The molecule has 2 saturated carbocycles. The molecule has 0 N–H and O–H groups in total. The van der Waals surface area contributed by atoms with Crippen molar-refractivity contribution < 1.29 is 23.9 Å². The molecule has 10 heteroatoms. The summed E-state index contributed by atoms with van der Waals surface area (Å²) in [5, 5.41) is 0.511. The molecule has 7 atom stereocenters. The molecule has 0 unspecified atom stereocenters. The number of amides is 3. The highest BCUT2D eigenvalue weighted by molar-refractivity contribution is 9.12. The molecule has 2 bridgehead atoms. The summed E-state index contributed by atoms with van der Waals surface area (Å²) >= 11 is 13.5. The SMILES string of the molecule is Cc1cc(OC(=O)[C@@H]2CC(=O)N(c3cccc(Cl)c3)C2)ccc1N1C(=O)[C@@H]2[C@H]3C[C@@H]([C@H](Br)[C@H]3Br)[C@@H]2C1=O. The van der Waals surface area contributed by atoms with Gasteiger partial charge in [-0.05, 0) is 67.1 Å². The van der Waals surface area contributed by atoms with Crippen molar-refractivity contribution in [3.8, 4) is 5.75 Å². The number of ether oxygens (including phenoxy) is 1. The number of carbonyl (C=O) groups is 4. The van der Waals surface area contributed by atoms with Crippen LogP contribution in [-0.4, -0.2) is 39.9 Å². The lowest BCUT2D eigenvalue weighted by atomic mass is 9.81. The second-order valence-corrected chi connectivity index (χ2v) is 12.8. The Hall–Kier alpha value is -2.23. The first-order valence-electron chi connectivity index (χ1n) is 12.2.